The van der Waals surface area contributed by atoms with Crippen LogP contribution in [0.15, 0.2) is 24.3 Å². The largest absolute Gasteiger partial charge is 0.496 e. The molecule has 0 radical (unpaired) electrons. The van der Waals surface area contributed by atoms with E-state index in [1.54, 1.807) is 13.2 Å². The van der Waals surface area contributed by atoms with Crippen LogP contribution in [-0.2, 0) is 6.61 Å². The molecule has 4 nitrogen and oxygen atoms in total. The van der Waals surface area contributed by atoms with Crippen molar-refractivity contribution in [1.82, 2.24) is 9.97 Å². The Morgan fingerprint density at radius 3 is 2.61 bits per heavy atom. The van der Waals surface area contributed by atoms with Crippen molar-refractivity contribution >= 4 is 0 Å². The summed E-state index contributed by atoms with van der Waals surface area (Å²) in [7, 11) is 1.63. The summed E-state index contributed by atoms with van der Waals surface area (Å²) in [6, 6.07) is 7.63. The van der Waals surface area contributed by atoms with E-state index in [9.17, 15) is 5.11 Å². The van der Waals surface area contributed by atoms with Crippen LogP contribution in [0.1, 0.15) is 17.0 Å². The number of aryl methyl sites for hydroxylation is 2. The second kappa shape index (κ2) is 5.14. The lowest BCUT2D eigenvalue weighted by atomic mass is 10.1. The summed E-state index contributed by atoms with van der Waals surface area (Å²) in [5.74, 6) is 1.32. The summed E-state index contributed by atoms with van der Waals surface area (Å²) in [6.07, 6.45) is 0. The zero-order chi connectivity index (χ0) is 13.1. The molecule has 2 rings (SSSR count). The molecule has 0 spiro atoms. The number of aliphatic hydroxyl groups is 1. The molecule has 18 heavy (non-hydrogen) atoms. The first kappa shape index (κ1) is 12.5. The van der Waals surface area contributed by atoms with Gasteiger partial charge in [-0.2, -0.15) is 0 Å². The first-order chi connectivity index (χ1) is 8.63. The average Bonchev–Trinajstić information content (AvgIpc) is 2.37. The third kappa shape index (κ3) is 2.49. The summed E-state index contributed by atoms with van der Waals surface area (Å²) >= 11 is 0. The molecule has 0 saturated carbocycles. The number of hydrogen-bond donors (Lipinski definition) is 1. The van der Waals surface area contributed by atoms with E-state index in [0.717, 1.165) is 22.6 Å². The minimum atomic E-state index is -0.0927. The maximum absolute atomic E-state index is 9.18. The molecule has 1 aromatic heterocycles. The van der Waals surface area contributed by atoms with Gasteiger partial charge in [0.1, 0.15) is 5.75 Å². The van der Waals surface area contributed by atoms with Crippen LogP contribution in [0.2, 0.25) is 0 Å². The summed E-state index contributed by atoms with van der Waals surface area (Å²) in [5, 5.41) is 9.18. The van der Waals surface area contributed by atoms with Crippen LogP contribution in [0.4, 0.5) is 0 Å². The molecule has 4 heteroatoms. The van der Waals surface area contributed by atoms with E-state index in [0.29, 0.717) is 11.5 Å². The van der Waals surface area contributed by atoms with Crippen molar-refractivity contribution in [2.75, 3.05) is 7.11 Å². The highest BCUT2D eigenvalue weighted by Gasteiger charge is 2.10. The zero-order valence-electron chi connectivity index (χ0n) is 10.8. The fourth-order valence-corrected chi connectivity index (χ4v) is 1.82. The average molecular weight is 244 g/mol. The molecule has 1 aromatic carbocycles. The second-order valence-corrected chi connectivity index (χ2v) is 4.19. The zero-order valence-corrected chi connectivity index (χ0v) is 10.8. The quantitative estimate of drug-likeness (QED) is 0.899. The fraction of sp³-hybridized carbons (Fsp3) is 0.286. The van der Waals surface area contributed by atoms with Crippen LogP contribution in [0.25, 0.3) is 11.4 Å². The van der Waals surface area contributed by atoms with E-state index in [1.807, 2.05) is 32.0 Å². The molecule has 0 aliphatic rings. The highest BCUT2D eigenvalue weighted by Crippen LogP contribution is 2.28. The molecular formula is C14H16N2O2. The van der Waals surface area contributed by atoms with Gasteiger partial charge in [-0.1, -0.05) is 6.07 Å². The Morgan fingerprint density at radius 2 is 1.94 bits per heavy atom. The lowest BCUT2D eigenvalue weighted by molar-refractivity contribution is 0.276. The Bertz CT molecular complexity index is 568. The van der Waals surface area contributed by atoms with Crippen molar-refractivity contribution in [1.29, 1.82) is 0 Å². The molecule has 0 aliphatic heterocycles. The third-order valence-corrected chi connectivity index (χ3v) is 2.67. The molecule has 0 fully saturated rings. The number of aromatic nitrogens is 2. The van der Waals surface area contributed by atoms with Gasteiger partial charge < -0.3 is 9.84 Å². The highest BCUT2D eigenvalue weighted by molar-refractivity contribution is 5.65. The van der Waals surface area contributed by atoms with E-state index >= 15 is 0 Å². The molecule has 0 amide bonds. The third-order valence-electron chi connectivity index (χ3n) is 2.67. The van der Waals surface area contributed by atoms with Crippen LogP contribution >= 0.6 is 0 Å². The number of hydrogen-bond acceptors (Lipinski definition) is 4. The number of ether oxygens (including phenoxy) is 1. The SMILES string of the molecule is COc1cc(C)ccc1-c1nc(C)cc(CO)n1. The van der Waals surface area contributed by atoms with Crippen molar-refractivity contribution in [3.05, 3.63) is 41.2 Å². The van der Waals surface area contributed by atoms with E-state index in [1.165, 1.54) is 0 Å². The summed E-state index contributed by atoms with van der Waals surface area (Å²) < 4.78 is 5.35. The van der Waals surface area contributed by atoms with Gasteiger partial charge in [-0.25, -0.2) is 9.97 Å². The standard InChI is InChI=1S/C14H16N2O2/c1-9-4-5-12(13(6-9)18-3)14-15-10(2)7-11(8-17)16-14/h4-7,17H,8H2,1-3H3. The van der Waals surface area contributed by atoms with E-state index in [-0.39, 0.29) is 6.61 Å². The smallest absolute Gasteiger partial charge is 0.163 e. The molecule has 0 bridgehead atoms. The van der Waals surface area contributed by atoms with Crippen molar-refractivity contribution in [3.8, 4) is 17.1 Å². The number of rotatable bonds is 3. The van der Waals surface area contributed by atoms with Gasteiger partial charge in [0.2, 0.25) is 0 Å². The molecule has 94 valence electrons. The Kier molecular flexibility index (Phi) is 3.58. The van der Waals surface area contributed by atoms with Gasteiger partial charge in [0.15, 0.2) is 5.82 Å². The number of benzene rings is 1. The van der Waals surface area contributed by atoms with Crippen LogP contribution < -0.4 is 4.74 Å². The maximum Gasteiger partial charge on any atom is 0.163 e. The van der Waals surface area contributed by atoms with Gasteiger partial charge in [0.25, 0.3) is 0 Å². The lowest BCUT2D eigenvalue weighted by Gasteiger charge is -2.09. The minimum Gasteiger partial charge on any atom is -0.496 e. The normalized spacial score (nSPS) is 10.4. The molecule has 1 heterocycles. The predicted molar refractivity (Wildman–Crippen MR) is 69.4 cm³/mol. The van der Waals surface area contributed by atoms with Gasteiger partial charge >= 0.3 is 0 Å². The highest BCUT2D eigenvalue weighted by atomic mass is 16.5. The number of methoxy groups -OCH3 is 1. The summed E-state index contributed by atoms with van der Waals surface area (Å²) in [4.78, 5) is 8.71. The maximum atomic E-state index is 9.18. The first-order valence-electron chi connectivity index (χ1n) is 5.74. The van der Waals surface area contributed by atoms with Gasteiger partial charge in [0.05, 0.1) is 25.0 Å². The number of nitrogens with zero attached hydrogens (tertiary/aromatic N) is 2. The fourth-order valence-electron chi connectivity index (χ4n) is 1.82. The van der Waals surface area contributed by atoms with Gasteiger partial charge in [-0.3, -0.25) is 0 Å². The minimum absolute atomic E-state index is 0.0927. The lowest BCUT2D eigenvalue weighted by Crippen LogP contribution is -1.99. The molecule has 0 saturated heterocycles. The number of aliphatic hydroxyl groups excluding tert-OH is 1. The van der Waals surface area contributed by atoms with Crippen LogP contribution in [0.3, 0.4) is 0 Å². The molecule has 0 unspecified atom stereocenters. The summed E-state index contributed by atoms with van der Waals surface area (Å²) in [6.45, 7) is 3.79. The van der Waals surface area contributed by atoms with Gasteiger partial charge in [-0.05, 0) is 37.6 Å². The molecule has 2 aromatic rings. The molecule has 0 atom stereocenters. The molecule has 1 N–H and O–H groups in total. The second-order valence-electron chi connectivity index (χ2n) is 4.19. The van der Waals surface area contributed by atoms with Crippen LogP contribution in [0.5, 0.6) is 5.75 Å². The molecule has 0 aliphatic carbocycles. The Balaban J connectivity index is 2.57. The van der Waals surface area contributed by atoms with Crippen molar-refractivity contribution < 1.29 is 9.84 Å². The Labute approximate surface area is 106 Å². The van der Waals surface area contributed by atoms with Crippen molar-refractivity contribution in [2.24, 2.45) is 0 Å². The van der Waals surface area contributed by atoms with E-state index in [2.05, 4.69) is 9.97 Å². The Hall–Kier alpha value is -1.94. The van der Waals surface area contributed by atoms with Crippen molar-refractivity contribution in [3.63, 3.8) is 0 Å². The summed E-state index contributed by atoms with van der Waals surface area (Å²) in [5.41, 5.74) is 3.39. The van der Waals surface area contributed by atoms with Crippen LogP contribution in [-0.4, -0.2) is 22.2 Å². The van der Waals surface area contributed by atoms with Crippen LogP contribution in [0, 0.1) is 13.8 Å². The van der Waals surface area contributed by atoms with E-state index < -0.39 is 0 Å². The van der Waals surface area contributed by atoms with Gasteiger partial charge in [-0.15, -0.1) is 0 Å². The first-order valence-corrected chi connectivity index (χ1v) is 5.74. The van der Waals surface area contributed by atoms with Gasteiger partial charge in [0, 0.05) is 5.69 Å². The molecular weight excluding hydrogens is 228 g/mol. The van der Waals surface area contributed by atoms with Crippen molar-refractivity contribution in [2.45, 2.75) is 20.5 Å². The topological polar surface area (TPSA) is 55.2 Å². The van der Waals surface area contributed by atoms with E-state index in [4.69, 9.17) is 4.74 Å². The predicted octanol–water partition coefficient (Wildman–Crippen LogP) is 2.26. The Morgan fingerprint density at radius 1 is 1.17 bits per heavy atom. The monoisotopic (exact) mass is 244 g/mol.